The molecular weight excluding hydrogens is 368 g/mol. The molecule has 8 heteroatoms. The lowest BCUT2D eigenvalue weighted by Gasteiger charge is -2.22. The zero-order valence-corrected chi connectivity index (χ0v) is 16.5. The Morgan fingerprint density at radius 2 is 1.93 bits per heavy atom. The molecular formula is C21H26N6O2. The minimum atomic E-state index is 0.284. The highest BCUT2D eigenvalue weighted by atomic mass is 16.5. The number of tetrazole rings is 1. The summed E-state index contributed by atoms with van der Waals surface area (Å²) in [5.41, 5.74) is 1.97. The van der Waals surface area contributed by atoms with E-state index in [1.54, 1.807) is 11.8 Å². The van der Waals surface area contributed by atoms with E-state index in [1.807, 2.05) is 48.5 Å². The van der Waals surface area contributed by atoms with Crippen LogP contribution in [0.5, 0.6) is 17.5 Å². The van der Waals surface area contributed by atoms with Crippen molar-refractivity contribution in [1.29, 1.82) is 0 Å². The molecule has 1 saturated heterocycles. The number of hydrogen-bond acceptors (Lipinski definition) is 7. The number of ether oxygens (including phenoxy) is 2. The van der Waals surface area contributed by atoms with E-state index in [-0.39, 0.29) is 6.01 Å². The lowest BCUT2D eigenvalue weighted by atomic mass is 9.98. The number of benzene rings is 2. The zero-order chi connectivity index (χ0) is 19.9. The van der Waals surface area contributed by atoms with Crippen LogP contribution in [0.3, 0.4) is 0 Å². The molecule has 0 spiro atoms. The number of nitrogens with zero attached hydrogens (tertiary/aromatic N) is 4. The molecule has 0 aliphatic carbocycles. The topological polar surface area (TPSA) is 86.1 Å². The lowest BCUT2D eigenvalue weighted by molar-refractivity contribution is 0.354. The zero-order valence-electron chi connectivity index (χ0n) is 16.5. The van der Waals surface area contributed by atoms with Crippen molar-refractivity contribution < 1.29 is 9.47 Å². The Balaban J connectivity index is 1.42. The maximum absolute atomic E-state index is 5.96. The average Bonchev–Trinajstić information content (AvgIpc) is 3.24. The van der Waals surface area contributed by atoms with Crippen LogP contribution in [0.15, 0.2) is 48.5 Å². The first-order valence-corrected chi connectivity index (χ1v) is 9.93. The maximum atomic E-state index is 5.96. The van der Waals surface area contributed by atoms with Crippen LogP contribution in [0.1, 0.15) is 18.4 Å². The normalized spacial score (nSPS) is 14.7. The molecule has 0 saturated carbocycles. The number of hydrogen-bond donors (Lipinski definition) is 2. The SMILES string of the molecule is COc1cc(CNCC2CCNCC2)ccc1Oc1nnnn1-c1ccccc1. The summed E-state index contributed by atoms with van der Waals surface area (Å²) in [5, 5.41) is 18.7. The summed E-state index contributed by atoms with van der Waals surface area (Å²) in [7, 11) is 1.63. The third-order valence-electron chi connectivity index (χ3n) is 5.09. The van der Waals surface area contributed by atoms with E-state index >= 15 is 0 Å². The second-order valence-electron chi connectivity index (χ2n) is 7.12. The molecule has 0 amide bonds. The van der Waals surface area contributed by atoms with E-state index in [0.29, 0.717) is 11.5 Å². The molecule has 4 rings (SSSR count). The predicted octanol–water partition coefficient (Wildman–Crippen LogP) is 2.55. The number of piperidine rings is 1. The molecule has 29 heavy (non-hydrogen) atoms. The Hall–Kier alpha value is -2.97. The van der Waals surface area contributed by atoms with E-state index in [0.717, 1.165) is 43.3 Å². The summed E-state index contributed by atoms with van der Waals surface area (Å²) in [6, 6.07) is 15.8. The molecule has 2 aromatic carbocycles. The Morgan fingerprint density at radius 3 is 2.72 bits per heavy atom. The van der Waals surface area contributed by atoms with Gasteiger partial charge in [-0.05, 0) is 78.6 Å². The molecule has 1 aliphatic heterocycles. The van der Waals surface area contributed by atoms with Gasteiger partial charge >= 0.3 is 6.01 Å². The molecule has 0 atom stereocenters. The van der Waals surface area contributed by atoms with Crippen molar-refractivity contribution in [3.05, 3.63) is 54.1 Å². The van der Waals surface area contributed by atoms with Crippen molar-refractivity contribution in [2.24, 2.45) is 5.92 Å². The van der Waals surface area contributed by atoms with Gasteiger partial charge in [-0.25, -0.2) is 0 Å². The lowest BCUT2D eigenvalue weighted by Crippen LogP contribution is -2.33. The quantitative estimate of drug-likeness (QED) is 0.607. The van der Waals surface area contributed by atoms with Crippen LogP contribution in [-0.2, 0) is 6.54 Å². The largest absolute Gasteiger partial charge is 0.493 e. The molecule has 1 aromatic heterocycles. The Labute approximate surface area is 170 Å². The predicted molar refractivity (Wildman–Crippen MR) is 110 cm³/mol. The maximum Gasteiger partial charge on any atom is 0.346 e. The van der Waals surface area contributed by atoms with E-state index < -0.39 is 0 Å². The van der Waals surface area contributed by atoms with E-state index in [9.17, 15) is 0 Å². The van der Waals surface area contributed by atoms with Gasteiger partial charge in [-0.1, -0.05) is 29.4 Å². The molecule has 152 valence electrons. The van der Waals surface area contributed by atoms with Gasteiger partial charge in [0.1, 0.15) is 0 Å². The van der Waals surface area contributed by atoms with Gasteiger partial charge in [-0.3, -0.25) is 0 Å². The highest BCUT2D eigenvalue weighted by Crippen LogP contribution is 2.32. The summed E-state index contributed by atoms with van der Waals surface area (Å²) < 4.78 is 13.0. The number of para-hydroxylation sites is 1. The van der Waals surface area contributed by atoms with Gasteiger partial charge in [0.25, 0.3) is 0 Å². The first kappa shape index (κ1) is 19.4. The van der Waals surface area contributed by atoms with Crippen LogP contribution in [0.2, 0.25) is 0 Å². The molecule has 1 aliphatic rings. The number of rotatable bonds is 8. The molecule has 2 heterocycles. The fourth-order valence-corrected chi connectivity index (χ4v) is 3.48. The minimum Gasteiger partial charge on any atom is -0.493 e. The summed E-state index contributed by atoms with van der Waals surface area (Å²) in [5.74, 6) is 1.97. The van der Waals surface area contributed by atoms with Gasteiger partial charge in [0, 0.05) is 6.54 Å². The summed E-state index contributed by atoms with van der Waals surface area (Å²) in [6.45, 7) is 4.07. The van der Waals surface area contributed by atoms with E-state index in [2.05, 4.69) is 26.2 Å². The van der Waals surface area contributed by atoms with Crippen LogP contribution in [-0.4, -0.2) is 47.0 Å². The minimum absolute atomic E-state index is 0.284. The van der Waals surface area contributed by atoms with Crippen molar-refractivity contribution in [2.75, 3.05) is 26.7 Å². The molecule has 8 nitrogen and oxygen atoms in total. The second kappa shape index (κ2) is 9.49. The van der Waals surface area contributed by atoms with Gasteiger partial charge < -0.3 is 20.1 Å². The van der Waals surface area contributed by atoms with Crippen LogP contribution in [0.25, 0.3) is 5.69 Å². The van der Waals surface area contributed by atoms with Crippen LogP contribution in [0.4, 0.5) is 0 Å². The van der Waals surface area contributed by atoms with Gasteiger partial charge in [-0.2, -0.15) is 4.68 Å². The third-order valence-corrected chi connectivity index (χ3v) is 5.09. The highest BCUT2D eigenvalue weighted by Gasteiger charge is 2.15. The Kier molecular flexibility index (Phi) is 6.33. The van der Waals surface area contributed by atoms with Crippen LogP contribution >= 0.6 is 0 Å². The number of aromatic nitrogens is 4. The van der Waals surface area contributed by atoms with Crippen molar-refractivity contribution in [3.63, 3.8) is 0 Å². The smallest absolute Gasteiger partial charge is 0.346 e. The molecule has 2 N–H and O–H groups in total. The first-order chi connectivity index (χ1) is 14.3. The summed E-state index contributed by atoms with van der Waals surface area (Å²) in [4.78, 5) is 0. The third kappa shape index (κ3) is 4.90. The van der Waals surface area contributed by atoms with Crippen LogP contribution in [0, 0.1) is 5.92 Å². The van der Waals surface area contributed by atoms with Gasteiger partial charge in [0.2, 0.25) is 0 Å². The van der Waals surface area contributed by atoms with Gasteiger partial charge in [0.15, 0.2) is 11.5 Å². The Morgan fingerprint density at radius 1 is 1.10 bits per heavy atom. The fourth-order valence-electron chi connectivity index (χ4n) is 3.48. The summed E-state index contributed by atoms with van der Waals surface area (Å²) >= 11 is 0. The van der Waals surface area contributed by atoms with Crippen LogP contribution < -0.4 is 20.1 Å². The number of nitrogens with one attached hydrogen (secondary N) is 2. The van der Waals surface area contributed by atoms with Gasteiger partial charge in [0.05, 0.1) is 12.8 Å². The van der Waals surface area contributed by atoms with E-state index in [4.69, 9.17) is 9.47 Å². The van der Waals surface area contributed by atoms with Gasteiger partial charge in [-0.15, -0.1) is 0 Å². The fraction of sp³-hybridized carbons (Fsp3) is 0.381. The molecule has 0 bridgehead atoms. The standard InChI is InChI=1S/C21H26N6O2/c1-28-20-13-17(15-23-14-16-9-11-22-12-10-16)7-8-19(20)29-21-24-25-26-27(21)18-5-3-2-4-6-18/h2-8,13,16,22-23H,9-12,14-15H2,1H3. The average molecular weight is 394 g/mol. The molecule has 3 aromatic rings. The van der Waals surface area contributed by atoms with Crippen molar-refractivity contribution in [3.8, 4) is 23.2 Å². The molecule has 1 fully saturated rings. The van der Waals surface area contributed by atoms with Crippen molar-refractivity contribution in [2.45, 2.75) is 19.4 Å². The first-order valence-electron chi connectivity index (χ1n) is 9.93. The highest BCUT2D eigenvalue weighted by molar-refractivity contribution is 5.44. The van der Waals surface area contributed by atoms with Crippen molar-refractivity contribution in [1.82, 2.24) is 30.8 Å². The molecule has 0 unspecified atom stereocenters. The molecule has 0 radical (unpaired) electrons. The van der Waals surface area contributed by atoms with Crippen molar-refractivity contribution >= 4 is 0 Å². The Bertz CT molecular complexity index is 909. The summed E-state index contributed by atoms with van der Waals surface area (Å²) in [6.07, 6.45) is 2.47. The number of methoxy groups -OCH3 is 1. The monoisotopic (exact) mass is 394 g/mol. The van der Waals surface area contributed by atoms with E-state index in [1.165, 1.54) is 12.8 Å². The second-order valence-corrected chi connectivity index (χ2v) is 7.12.